The van der Waals surface area contributed by atoms with Gasteiger partial charge in [-0.2, -0.15) is 0 Å². The summed E-state index contributed by atoms with van der Waals surface area (Å²) in [7, 11) is 0. The SMILES string of the molecule is NCCCC[C]1CCCCC1. The highest BCUT2D eigenvalue weighted by Gasteiger charge is 2.12. The molecule has 1 radical (unpaired) electrons. The third-order valence-corrected chi connectivity index (χ3v) is 2.55. The Morgan fingerprint density at radius 1 is 1.00 bits per heavy atom. The molecule has 1 rings (SSSR count). The highest BCUT2D eigenvalue weighted by atomic mass is 14.5. The molecule has 0 aromatic rings. The normalized spacial score (nSPS) is 20.5. The Morgan fingerprint density at radius 3 is 2.36 bits per heavy atom. The fourth-order valence-corrected chi connectivity index (χ4v) is 1.82. The Morgan fingerprint density at radius 2 is 1.73 bits per heavy atom. The molecule has 0 spiro atoms. The zero-order valence-corrected chi connectivity index (χ0v) is 7.44. The van der Waals surface area contributed by atoms with Crippen molar-refractivity contribution < 1.29 is 0 Å². The van der Waals surface area contributed by atoms with Crippen LogP contribution in [0.4, 0.5) is 0 Å². The van der Waals surface area contributed by atoms with Crippen LogP contribution in [0, 0.1) is 5.92 Å². The molecule has 65 valence electrons. The number of rotatable bonds is 4. The van der Waals surface area contributed by atoms with Crippen LogP contribution in [0.25, 0.3) is 0 Å². The summed E-state index contributed by atoms with van der Waals surface area (Å²) in [5, 5.41) is 0. The number of nitrogens with two attached hydrogens (primary N) is 1. The topological polar surface area (TPSA) is 26.0 Å². The second kappa shape index (κ2) is 5.59. The molecule has 0 aromatic carbocycles. The average Bonchev–Trinajstić information content (AvgIpc) is 2.07. The number of hydrogen-bond donors (Lipinski definition) is 1. The second-order valence-corrected chi connectivity index (χ2v) is 3.56. The molecule has 1 heteroatoms. The molecule has 0 unspecified atom stereocenters. The van der Waals surface area contributed by atoms with E-state index < -0.39 is 0 Å². The summed E-state index contributed by atoms with van der Waals surface area (Å²) in [5.41, 5.74) is 5.43. The van der Waals surface area contributed by atoms with Crippen molar-refractivity contribution >= 4 is 0 Å². The molecule has 0 bridgehead atoms. The first-order valence-electron chi connectivity index (χ1n) is 4.97. The molecule has 0 aromatic heterocycles. The molecule has 2 N–H and O–H groups in total. The van der Waals surface area contributed by atoms with Gasteiger partial charge in [0.2, 0.25) is 0 Å². The Balaban J connectivity index is 1.96. The van der Waals surface area contributed by atoms with Gasteiger partial charge in [-0.25, -0.2) is 0 Å². The molecule has 0 saturated heterocycles. The van der Waals surface area contributed by atoms with Crippen LogP contribution in [0.3, 0.4) is 0 Å². The maximum atomic E-state index is 5.43. The minimum atomic E-state index is 0.868. The Kier molecular flexibility index (Phi) is 4.60. The van der Waals surface area contributed by atoms with Gasteiger partial charge in [-0.1, -0.05) is 25.7 Å². The summed E-state index contributed by atoms with van der Waals surface area (Å²) >= 11 is 0. The van der Waals surface area contributed by atoms with E-state index in [1.165, 1.54) is 51.4 Å². The van der Waals surface area contributed by atoms with Gasteiger partial charge < -0.3 is 5.73 Å². The van der Waals surface area contributed by atoms with E-state index in [4.69, 9.17) is 5.73 Å². The fourth-order valence-electron chi connectivity index (χ4n) is 1.82. The number of hydrogen-bond acceptors (Lipinski definition) is 1. The molecule has 11 heavy (non-hydrogen) atoms. The lowest BCUT2D eigenvalue weighted by Gasteiger charge is -2.20. The summed E-state index contributed by atoms with van der Waals surface area (Å²) in [5.74, 6) is 1.81. The first-order chi connectivity index (χ1) is 5.43. The van der Waals surface area contributed by atoms with Crippen molar-refractivity contribution in [2.75, 3.05) is 6.54 Å². The molecule has 0 atom stereocenters. The van der Waals surface area contributed by atoms with E-state index in [1.54, 1.807) is 0 Å². The van der Waals surface area contributed by atoms with E-state index in [9.17, 15) is 0 Å². The lowest BCUT2D eigenvalue weighted by Crippen LogP contribution is -2.05. The van der Waals surface area contributed by atoms with E-state index in [1.807, 2.05) is 5.92 Å². The monoisotopic (exact) mass is 154 g/mol. The Bertz CT molecular complexity index is 84.9. The maximum Gasteiger partial charge on any atom is -0.00773 e. The average molecular weight is 154 g/mol. The van der Waals surface area contributed by atoms with Crippen LogP contribution in [-0.2, 0) is 0 Å². The Hall–Kier alpha value is -0.0400. The lowest BCUT2D eigenvalue weighted by atomic mass is 9.86. The highest BCUT2D eigenvalue weighted by Crippen LogP contribution is 2.29. The van der Waals surface area contributed by atoms with Gasteiger partial charge in [0.25, 0.3) is 0 Å². The van der Waals surface area contributed by atoms with E-state index >= 15 is 0 Å². The first-order valence-corrected chi connectivity index (χ1v) is 4.97. The van der Waals surface area contributed by atoms with Gasteiger partial charge in [-0.15, -0.1) is 0 Å². The summed E-state index contributed by atoms with van der Waals surface area (Å²) < 4.78 is 0. The zero-order valence-electron chi connectivity index (χ0n) is 7.44. The van der Waals surface area contributed by atoms with Gasteiger partial charge in [0.1, 0.15) is 0 Å². The minimum absolute atomic E-state index is 0.868. The highest BCUT2D eigenvalue weighted by molar-refractivity contribution is 4.91. The fraction of sp³-hybridized carbons (Fsp3) is 0.900. The predicted octanol–water partition coefficient (Wildman–Crippen LogP) is 2.65. The van der Waals surface area contributed by atoms with Gasteiger partial charge in [0.05, 0.1) is 0 Å². The standard InChI is InChI=1S/C10H20N/c11-9-5-4-8-10-6-2-1-3-7-10/h1-9,11H2. The lowest BCUT2D eigenvalue weighted by molar-refractivity contribution is 0.493. The van der Waals surface area contributed by atoms with Crippen molar-refractivity contribution in [3.63, 3.8) is 0 Å². The molecule has 1 fully saturated rings. The molecule has 0 aliphatic heterocycles. The van der Waals surface area contributed by atoms with Crippen LogP contribution >= 0.6 is 0 Å². The van der Waals surface area contributed by atoms with Crippen molar-refractivity contribution in [2.45, 2.75) is 51.4 Å². The largest absolute Gasteiger partial charge is 0.330 e. The van der Waals surface area contributed by atoms with Gasteiger partial charge in [-0.3, -0.25) is 0 Å². The smallest absolute Gasteiger partial charge is 0.00773 e. The van der Waals surface area contributed by atoms with Gasteiger partial charge >= 0.3 is 0 Å². The molecule has 0 heterocycles. The Labute approximate surface area is 70.4 Å². The van der Waals surface area contributed by atoms with Crippen LogP contribution in [0.1, 0.15) is 51.4 Å². The van der Waals surface area contributed by atoms with Crippen molar-refractivity contribution in [1.29, 1.82) is 0 Å². The van der Waals surface area contributed by atoms with E-state index in [-0.39, 0.29) is 0 Å². The molecule has 1 nitrogen and oxygen atoms in total. The van der Waals surface area contributed by atoms with E-state index in [0.717, 1.165) is 6.54 Å². The molecule has 0 amide bonds. The van der Waals surface area contributed by atoms with Gasteiger partial charge in [-0.05, 0) is 38.1 Å². The second-order valence-electron chi connectivity index (χ2n) is 3.56. The van der Waals surface area contributed by atoms with Gasteiger partial charge in [0, 0.05) is 0 Å². The molecular formula is C10H20N. The zero-order chi connectivity index (χ0) is 7.94. The molecule has 1 saturated carbocycles. The van der Waals surface area contributed by atoms with E-state index in [0.29, 0.717) is 0 Å². The quantitative estimate of drug-likeness (QED) is 0.619. The summed E-state index contributed by atoms with van der Waals surface area (Å²) in [6, 6.07) is 0. The minimum Gasteiger partial charge on any atom is -0.330 e. The van der Waals surface area contributed by atoms with Crippen molar-refractivity contribution in [3.8, 4) is 0 Å². The van der Waals surface area contributed by atoms with Crippen molar-refractivity contribution in [2.24, 2.45) is 5.73 Å². The summed E-state index contributed by atoms with van der Waals surface area (Å²) in [6.45, 7) is 0.868. The molecular weight excluding hydrogens is 134 g/mol. The van der Waals surface area contributed by atoms with Crippen LogP contribution in [0.2, 0.25) is 0 Å². The van der Waals surface area contributed by atoms with Crippen molar-refractivity contribution in [3.05, 3.63) is 5.92 Å². The third kappa shape index (κ3) is 3.76. The molecule has 1 aliphatic rings. The maximum absolute atomic E-state index is 5.43. The van der Waals surface area contributed by atoms with Crippen LogP contribution in [0.5, 0.6) is 0 Å². The summed E-state index contributed by atoms with van der Waals surface area (Å²) in [4.78, 5) is 0. The van der Waals surface area contributed by atoms with Crippen molar-refractivity contribution in [1.82, 2.24) is 0 Å². The first kappa shape index (κ1) is 9.05. The van der Waals surface area contributed by atoms with E-state index in [2.05, 4.69) is 0 Å². The predicted molar refractivity (Wildman–Crippen MR) is 49.2 cm³/mol. The number of unbranched alkanes of at least 4 members (excludes halogenated alkanes) is 1. The molecule has 1 aliphatic carbocycles. The van der Waals surface area contributed by atoms with Crippen LogP contribution in [0.15, 0.2) is 0 Å². The van der Waals surface area contributed by atoms with Gasteiger partial charge in [0.15, 0.2) is 0 Å². The third-order valence-electron chi connectivity index (χ3n) is 2.55. The van der Waals surface area contributed by atoms with Crippen LogP contribution < -0.4 is 5.73 Å². The summed E-state index contributed by atoms with van der Waals surface area (Å²) in [6.07, 6.45) is 11.1. The van der Waals surface area contributed by atoms with Crippen LogP contribution in [-0.4, -0.2) is 6.54 Å².